The Hall–Kier alpha value is -3.05. The van der Waals surface area contributed by atoms with Crippen molar-refractivity contribution >= 4 is 33.3 Å². The molecule has 0 atom stereocenters. The number of hydrogen-bond acceptors (Lipinski definition) is 6. The Morgan fingerprint density at radius 1 is 1.35 bits per heavy atom. The van der Waals surface area contributed by atoms with E-state index in [0.29, 0.717) is 20.9 Å². The molecule has 2 aromatic heterocycles. The molecule has 0 saturated heterocycles. The molecule has 0 aliphatic rings. The Labute approximate surface area is 134 Å². The second-order valence-corrected chi connectivity index (χ2v) is 5.73. The Morgan fingerprint density at radius 2 is 2.17 bits per heavy atom. The highest BCUT2D eigenvalue weighted by Crippen LogP contribution is 2.16. The largest absolute Gasteiger partial charge is 0.302 e. The van der Waals surface area contributed by atoms with E-state index < -0.39 is 0 Å². The molecule has 1 amide bonds. The highest BCUT2D eigenvalue weighted by Gasteiger charge is 2.08. The van der Waals surface area contributed by atoms with Crippen LogP contribution in [0.2, 0.25) is 0 Å². The van der Waals surface area contributed by atoms with Crippen LogP contribution in [-0.4, -0.2) is 20.4 Å². The lowest BCUT2D eigenvalue weighted by Gasteiger charge is -2.06. The molecule has 1 N–H and O–H groups in total. The number of nitrogens with one attached hydrogen (secondary N) is 1. The normalized spacial score (nSPS) is 10.4. The zero-order valence-corrected chi connectivity index (χ0v) is 12.7. The molecule has 3 aromatic rings. The summed E-state index contributed by atoms with van der Waals surface area (Å²) >= 11 is 1.10. The summed E-state index contributed by atoms with van der Waals surface area (Å²) in [6.07, 6.45) is 2.95. The van der Waals surface area contributed by atoms with Gasteiger partial charge in [0, 0.05) is 13.0 Å². The summed E-state index contributed by atoms with van der Waals surface area (Å²) in [4.78, 5) is 32.7. The maximum Gasteiger partial charge on any atom is 0.261 e. The van der Waals surface area contributed by atoms with Crippen LogP contribution in [0.15, 0.2) is 41.6 Å². The van der Waals surface area contributed by atoms with Crippen molar-refractivity contribution in [3.05, 3.63) is 52.0 Å². The van der Waals surface area contributed by atoms with Crippen LogP contribution >= 0.6 is 11.3 Å². The first-order chi connectivity index (χ1) is 11.2. The molecular weight excluding hydrogens is 314 g/mol. The highest BCUT2D eigenvalue weighted by atomic mass is 32.1. The highest BCUT2D eigenvalue weighted by molar-refractivity contribution is 7.16. The molecule has 0 aliphatic heterocycles. The topological polar surface area (TPSA) is 101 Å². The minimum Gasteiger partial charge on any atom is -0.302 e. The molecule has 23 heavy (non-hydrogen) atoms. The Balaban J connectivity index is 1.68. The predicted octanol–water partition coefficient (Wildman–Crippen LogP) is 1.75. The number of fused-ring (bicyclic) bond motifs is 1. The molecule has 0 spiro atoms. The van der Waals surface area contributed by atoms with Crippen molar-refractivity contribution in [1.82, 2.24) is 14.5 Å². The third kappa shape index (κ3) is 3.25. The van der Waals surface area contributed by atoms with E-state index in [4.69, 9.17) is 5.26 Å². The van der Waals surface area contributed by atoms with E-state index in [9.17, 15) is 9.59 Å². The first-order valence-corrected chi connectivity index (χ1v) is 7.59. The van der Waals surface area contributed by atoms with Gasteiger partial charge in [-0.2, -0.15) is 5.26 Å². The van der Waals surface area contributed by atoms with Crippen LogP contribution in [0.3, 0.4) is 0 Å². The number of carbonyl (C=O) groups excluding carboxylic acids is 1. The summed E-state index contributed by atoms with van der Waals surface area (Å²) in [7, 11) is 0. The van der Waals surface area contributed by atoms with Crippen LogP contribution in [0.25, 0.3) is 10.9 Å². The molecule has 0 radical (unpaired) electrons. The molecule has 114 valence electrons. The second-order valence-electron chi connectivity index (χ2n) is 4.70. The van der Waals surface area contributed by atoms with E-state index in [1.54, 1.807) is 18.2 Å². The number of thiazole rings is 1. The monoisotopic (exact) mass is 325 g/mol. The van der Waals surface area contributed by atoms with Gasteiger partial charge in [-0.15, -0.1) is 0 Å². The number of anilines is 1. The van der Waals surface area contributed by atoms with E-state index in [1.165, 1.54) is 17.1 Å². The van der Waals surface area contributed by atoms with Crippen LogP contribution in [-0.2, 0) is 11.3 Å². The molecule has 3 rings (SSSR count). The average molecular weight is 325 g/mol. The summed E-state index contributed by atoms with van der Waals surface area (Å²) in [6, 6.07) is 9.02. The summed E-state index contributed by atoms with van der Waals surface area (Å²) in [5.41, 5.74) is 0.453. The zero-order chi connectivity index (χ0) is 16.2. The van der Waals surface area contributed by atoms with Crippen molar-refractivity contribution in [3.63, 3.8) is 0 Å². The van der Waals surface area contributed by atoms with Gasteiger partial charge in [-0.3, -0.25) is 14.2 Å². The van der Waals surface area contributed by atoms with Crippen LogP contribution in [0.1, 0.15) is 11.3 Å². The van der Waals surface area contributed by atoms with Gasteiger partial charge >= 0.3 is 0 Å². The number of aryl methyl sites for hydroxylation is 1. The van der Waals surface area contributed by atoms with Crippen LogP contribution in [0.4, 0.5) is 5.13 Å². The lowest BCUT2D eigenvalue weighted by Crippen LogP contribution is -2.23. The first kappa shape index (κ1) is 14.9. The minimum absolute atomic E-state index is 0.112. The van der Waals surface area contributed by atoms with Gasteiger partial charge in [0.25, 0.3) is 5.56 Å². The van der Waals surface area contributed by atoms with Gasteiger partial charge in [0.2, 0.25) is 5.91 Å². The van der Waals surface area contributed by atoms with E-state index in [2.05, 4.69) is 15.3 Å². The lowest BCUT2D eigenvalue weighted by molar-refractivity contribution is -0.116. The van der Waals surface area contributed by atoms with Crippen LogP contribution in [0, 0.1) is 11.3 Å². The van der Waals surface area contributed by atoms with Gasteiger partial charge in [0.15, 0.2) is 5.13 Å². The van der Waals surface area contributed by atoms with E-state index in [-0.39, 0.29) is 24.4 Å². The molecule has 2 heterocycles. The molecule has 0 fully saturated rings. The maximum atomic E-state index is 12.3. The number of nitrogens with zero attached hydrogens (tertiary/aromatic N) is 4. The van der Waals surface area contributed by atoms with Crippen molar-refractivity contribution in [1.29, 1.82) is 5.26 Å². The van der Waals surface area contributed by atoms with Gasteiger partial charge in [0.1, 0.15) is 10.9 Å². The van der Waals surface area contributed by atoms with Gasteiger partial charge in [0.05, 0.1) is 23.4 Å². The number of benzene rings is 1. The van der Waals surface area contributed by atoms with E-state index in [0.717, 1.165) is 11.3 Å². The molecule has 0 saturated carbocycles. The average Bonchev–Trinajstić information content (AvgIpc) is 3.02. The molecule has 8 heteroatoms. The van der Waals surface area contributed by atoms with E-state index in [1.807, 2.05) is 12.1 Å². The third-order valence-corrected chi connectivity index (χ3v) is 3.99. The van der Waals surface area contributed by atoms with Gasteiger partial charge in [-0.1, -0.05) is 23.5 Å². The Kier molecular flexibility index (Phi) is 4.12. The van der Waals surface area contributed by atoms with Crippen molar-refractivity contribution < 1.29 is 4.79 Å². The van der Waals surface area contributed by atoms with Crippen molar-refractivity contribution in [2.45, 2.75) is 13.0 Å². The molecule has 1 aromatic carbocycles. The van der Waals surface area contributed by atoms with Gasteiger partial charge in [-0.25, -0.2) is 9.97 Å². The quantitative estimate of drug-likeness (QED) is 0.787. The summed E-state index contributed by atoms with van der Waals surface area (Å²) in [5, 5.41) is 12.2. The van der Waals surface area contributed by atoms with Crippen molar-refractivity contribution in [2.75, 3.05) is 5.32 Å². The number of aromatic nitrogens is 3. The first-order valence-electron chi connectivity index (χ1n) is 6.77. The Morgan fingerprint density at radius 3 is 2.96 bits per heavy atom. The SMILES string of the molecule is N#Cc1cnc(NC(=O)CCn2cnc3ccccc3c2=O)s1. The fourth-order valence-electron chi connectivity index (χ4n) is 2.05. The van der Waals surface area contributed by atoms with Crippen molar-refractivity contribution in [2.24, 2.45) is 0 Å². The number of amides is 1. The molecule has 0 aliphatic carbocycles. The number of carbonyl (C=O) groups is 1. The van der Waals surface area contributed by atoms with Gasteiger partial charge < -0.3 is 5.32 Å². The fourth-order valence-corrected chi connectivity index (χ4v) is 2.68. The third-order valence-electron chi connectivity index (χ3n) is 3.17. The Bertz CT molecular complexity index is 970. The fraction of sp³-hybridized carbons (Fsp3) is 0.133. The minimum atomic E-state index is -0.274. The summed E-state index contributed by atoms with van der Waals surface area (Å²) < 4.78 is 1.41. The summed E-state index contributed by atoms with van der Waals surface area (Å²) in [6.45, 7) is 0.221. The molecular formula is C15H11N5O2S. The molecule has 7 nitrogen and oxygen atoms in total. The second kappa shape index (κ2) is 6.37. The maximum absolute atomic E-state index is 12.3. The number of hydrogen-bond donors (Lipinski definition) is 1. The lowest BCUT2D eigenvalue weighted by atomic mass is 10.2. The van der Waals surface area contributed by atoms with Gasteiger partial charge in [-0.05, 0) is 12.1 Å². The molecule has 0 bridgehead atoms. The molecule has 0 unspecified atom stereocenters. The van der Waals surface area contributed by atoms with E-state index >= 15 is 0 Å². The van der Waals surface area contributed by atoms with Crippen molar-refractivity contribution in [3.8, 4) is 6.07 Å². The van der Waals surface area contributed by atoms with Crippen LogP contribution < -0.4 is 10.9 Å². The number of para-hydroxylation sites is 1. The predicted molar refractivity (Wildman–Crippen MR) is 86.1 cm³/mol. The summed E-state index contributed by atoms with van der Waals surface area (Å²) in [5.74, 6) is -0.274. The zero-order valence-electron chi connectivity index (χ0n) is 11.9. The van der Waals surface area contributed by atoms with Crippen LogP contribution in [0.5, 0.6) is 0 Å². The number of rotatable bonds is 4. The standard InChI is InChI=1S/C15H11N5O2S/c16-7-10-8-17-15(23-10)19-13(21)5-6-20-9-18-12-4-2-1-3-11(12)14(20)22/h1-4,8-9H,5-6H2,(H,17,19,21). The number of nitriles is 1. The smallest absolute Gasteiger partial charge is 0.261 e.